The fraction of sp³-hybridized carbons (Fsp3) is 0.333. The van der Waals surface area contributed by atoms with Crippen molar-refractivity contribution in [2.45, 2.75) is 25.1 Å². The first-order valence-corrected chi connectivity index (χ1v) is 6.39. The lowest BCUT2D eigenvalue weighted by atomic mass is 10.1. The van der Waals surface area contributed by atoms with Crippen LogP contribution in [0, 0.1) is 25.2 Å². The van der Waals surface area contributed by atoms with Crippen LogP contribution < -0.4 is 0 Å². The summed E-state index contributed by atoms with van der Waals surface area (Å²) >= 11 is 1.43. The molecule has 1 aliphatic heterocycles. The van der Waals surface area contributed by atoms with Crippen molar-refractivity contribution in [3.05, 3.63) is 34.7 Å². The van der Waals surface area contributed by atoms with E-state index in [0.717, 1.165) is 11.3 Å². The highest BCUT2D eigenvalue weighted by atomic mass is 32.2. The fourth-order valence-electron chi connectivity index (χ4n) is 1.63. The minimum absolute atomic E-state index is 0.547. The van der Waals surface area contributed by atoms with E-state index in [1.165, 1.54) is 11.8 Å². The van der Waals surface area contributed by atoms with E-state index in [9.17, 15) is 5.11 Å². The molecule has 0 fully saturated rings. The van der Waals surface area contributed by atoms with E-state index in [2.05, 4.69) is 21.3 Å². The van der Waals surface area contributed by atoms with Crippen LogP contribution in [-0.4, -0.2) is 22.1 Å². The number of nitrogens with zero attached hydrogens (tertiary/aromatic N) is 4. The topological polar surface area (TPSA) is 81.6 Å². The van der Waals surface area contributed by atoms with E-state index < -0.39 is 6.23 Å². The Hall–Kier alpha value is -1.71. The zero-order chi connectivity index (χ0) is 13.1. The summed E-state index contributed by atoms with van der Waals surface area (Å²) in [6.45, 7) is 3.80. The van der Waals surface area contributed by atoms with Gasteiger partial charge in [-0.15, -0.1) is 0 Å². The van der Waals surface area contributed by atoms with Crippen molar-refractivity contribution >= 4 is 11.8 Å². The molecule has 0 bridgehead atoms. The summed E-state index contributed by atoms with van der Waals surface area (Å²) in [7, 11) is 0. The second-order valence-electron chi connectivity index (χ2n) is 3.95. The number of hydrogen-bond acceptors (Lipinski definition) is 6. The highest BCUT2D eigenvalue weighted by Gasteiger charge is 2.13. The van der Waals surface area contributed by atoms with Gasteiger partial charge >= 0.3 is 0 Å². The molecular formula is C12H12N4OS. The predicted molar refractivity (Wildman–Crippen MR) is 68.1 cm³/mol. The molecule has 0 saturated heterocycles. The van der Waals surface area contributed by atoms with Gasteiger partial charge in [-0.1, -0.05) is 11.8 Å². The van der Waals surface area contributed by atoms with Crippen LogP contribution in [0.25, 0.3) is 0 Å². The van der Waals surface area contributed by atoms with Crippen LogP contribution in [0.4, 0.5) is 0 Å². The number of hydrogen-bond donors (Lipinski definition) is 1. The summed E-state index contributed by atoms with van der Waals surface area (Å²) in [5.41, 5.74) is 3.12. The average Bonchev–Trinajstić information content (AvgIpc) is 2.72. The van der Waals surface area contributed by atoms with Gasteiger partial charge in [0.1, 0.15) is 11.1 Å². The molecule has 1 atom stereocenters. The van der Waals surface area contributed by atoms with Gasteiger partial charge in [-0.05, 0) is 31.6 Å². The van der Waals surface area contributed by atoms with Gasteiger partial charge in [0.15, 0.2) is 6.23 Å². The van der Waals surface area contributed by atoms with Crippen molar-refractivity contribution in [3.63, 3.8) is 0 Å². The molecular weight excluding hydrogens is 248 g/mol. The molecule has 0 saturated carbocycles. The van der Waals surface area contributed by atoms with Crippen molar-refractivity contribution in [2.75, 3.05) is 5.75 Å². The zero-order valence-corrected chi connectivity index (χ0v) is 10.9. The van der Waals surface area contributed by atoms with Crippen LogP contribution in [0.3, 0.4) is 0 Å². The number of rotatable bonds is 3. The summed E-state index contributed by atoms with van der Waals surface area (Å²) < 4.78 is 0. The number of aromatic nitrogens is 1. The molecule has 1 unspecified atom stereocenters. The Bertz CT molecular complexity index is 574. The van der Waals surface area contributed by atoms with Gasteiger partial charge in [0.25, 0.3) is 0 Å². The highest BCUT2D eigenvalue weighted by Crippen LogP contribution is 2.26. The summed E-state index contributed by atoms with van der Waals surface area (Å²) in [5.74, 6) is 0.547. The predicted octanol–water partition coefficient (Wildman–Crippen LogP) is 2.33. The first kappa shape index (κ1) is 12.7. The summed E-state index contributed by atoms with van der Waals surface area (Å²) in [6.07, 6.45) is 0.755. The lowest BCUT2D eigenvalue weighted by molar-refractivity contribution is 0.232. The van der Waals surface area contributed by atoms with Gasteiger partial charge < -0.3 is 5.11 Å². The van der Waals surface area contributed by atoms with Crippen molar-refractivity contribution in [3.8, 4) is 6.07 Å². The molecule has 2 rings (SSSR count). The van der Waals surface area contributed by atoms with E-state index in [4.69, 9.17) is 5.26 Å². The molecule has 6 heteroatoms. The van der Waals surface area contributed by atoms with Gasteiger partial charge in [-0.3, -0.25) is 0 Å². The highest BCUT2D eigenvalue weighted by molar-refractivity contribution is 7.99. The third-order valence-corrected chi connectivity index (χ3v) is 3.43. The lowest BCUT2D eigenvalue weighted by Gasteiger charge is -2.06. The number of nitriles is 1. The maximum Gasteiger partial charge on any atom is 0.187 e. The molecule has 1 N–H and O–H groups in total. The van der Waals surface area contributed by atoms with E-state index in [1.54, 1.807) is 6.08 Å². The first-order valence-electron chi connectivity index (χ1n) is 5.41. The minimum atomic E-state index is -0.830. The van der Waals surface area contributed by atoms with Crippen LogP contribution in [-0.2, 0) is 0 Å². The number of aryl methyl sites for hydroxylation is 2. The van der Waals surface area contributed by atoms with Crippen LogP contribution in [0.2, 0.25) is 0 Å². The monoisotopic (exact) mass is 260 g/mol. The van der Waals surface area contributed by atoms with Crippen LogP contribution in [0.15, 0.2) is 33.1 Å². The Labute approximate surface area is 109 Å². The van der Waals surface area contributed by atoms with Crippen molar-refractivity contribution < 1.29 is 5.11 Å². The van der Waals surface area contributed by atoms with Crippen LogP contribution >= 0.6 is 11.8 Å². The normalized spacial score (nSPS) is 17.7. The van der Waals surface area contributed by atoms with E-state index in [1.807, 2.05) is 19.9 Å². The second kappa shape index (κ2) is 5.29. The molecule has 0 aliphatic carbocycles. The average molecular weight is 260 g/mol. The van der Waals surface area contributed by atoms with Gasteiger partial charge in [0.05, 0.1) is 11.3 Å². The largest absolute Gasteiger partial charge is 0.367 e. The Morgan fingerprint density at radius 3 is 2.89 bits per heavy atom. The molecule has 1 aromatic rings. The maximum absolute atomic E-state index is 9.17. The number of azo groups is 1. The SMILES string of the molecule is Cc1cc(C)c(C#N)c(SCC2=CC(O)N=N2)n1. The van der Waals surface area contributed by atoms with Gasteiger partial charge in [-0.2, -0.15) is 15.5 Å². The van der Waals surface area contributed by atoms with Crippen molar-refractivity contribution in [2.24, 2.45) is 10.2 Å². The van der Waals surface area contributed by atoms with Crippen LogP contribution in [0.1, 0.15) is 16.8 Å². The molecule has 0 radical (unpaired) electrons. The fourth-order valence-corrected chi connectivity index (χ4v) is 2.63. The van der Waals surface area contributed by atoms with Gasteiger partial charge in [0.2, 0.25) is 0 Å². The molecule has 2 heterocycles. The third kappa shape index (κ3) is 2.75. The van der Waals surface area contributed by atoms with Crippen molar-refractivity contribution in [1.82, 2.24) is 4.98 Å². The van der Waals surface area contributed by atoms with E-state index in [0.29, 0.717) is 22.0 Å². The second-order valence-corrected chi connectivity index (χ2v) is 4.91. The Morgan fingerprint density at radius 2 is 2.28 bits per heavy atom. The lowest BCUT2D eigenvalue weighted by Crippen LogP contribution is -1.96. The molecule has 18 heavy (non-hydrogen) atoms. The quantitative estimate of drug-likeness (QED) is 0.845. The summed E-state index contributed by atoms with van der Waals surface area (Å²) in [6, 6.07) is 4.06. The molecule has 0 spiro atoms. The van der Waals surface area contributed by atoms with E-state index in [-0.39, 0.29) is 0 Å². The summed E-state index contributed by atoms with van der Waals surface area (Å²) in [4.78, 5) is 4.36. The van der Waals surface area contributed by atoms with E-state index >= 15 is 0 Å². The number of aliphatic hydroxyl groups excluding tert-OH is 1. The smallest absolute Gasteiger partial charge is 0.187 e. The first-order chi connectivity index (χ1) is 8.60. The Morgan fingerprint density at radius 1 is 1.50 bits per heavy atom. The molecule has 0 aromatic carbocycles. The molecule has 1 aromatic heterocycles. The number of aliphatic hydroxyl groups is 1. The zero-order valence-electron chi connectivity index (χ0n) is 10.1. The minimum Gasteiger partial charge on any atom is -0.367 e. The third-order valence-electron chi connectivity index (χ3n) is 2.43. The maximum atomic E-state index is 9.17. The molecule has 5 nitrogen and oxygen atoms in total. The number of thioether (sulfide) groups is 1. The van der Waals surface area contributed by atoms with Crippen LogP contribution in [0.5, 0.6) is 0 Å². The molecule has 1 aliphatic rings. The van der Waals surface area contributed by atoms with Gasteiger partial charge in [-0.25, -0.2) is 4.98 Å². The number of pyridine rings is 1. The van der Waals surface area contributed by atoms with Crippen molar-refractivity contribution in [1.29, 1.82) is 5.26 Å². The Balaban J connectivity index is 2.17. The summed E-state index contributed by atoms with van der Waals surface area (Å²) in [5, 5.41) is 26.4. The standard InChI is InChI=1S/C12H12N4OS/c1-7-3-8(2)14-12(10(7)5-13)18-6-9-4-11(17)16-15-9/h3-4,11,17H,6H2,1-2H3. The Kier molecular flexibility index (Phi) is 3.75. The molecule has 0 amide bonds. The molecule has 92 valence electrons. The van der Waals surface area contributed by atoms with Gasteiger partial charge in [0, 0.05) is 11.4 Å².